The molecule has 2 rings (SSSR count). The van der Waals surface area contributed by atoms with Gasteiger partial charge in [-0.25, -0.2) is 4.79 Å². The van der Waals surface area contributed by atoms with Gasteiger partial charge < -0.3 is 26.4 Å². The number of hydrogen-bond donors (Lipinski definition) is 4. The van der Waals surface area contributed by atoms with Crippen molar-refractivity contribution in [2.75, 3.05) is 0 Å². The van der Waals surface area contributed by atoms with E-state index >= 15 is 0 Å². The summed E-state index contributed by atoms with van der Waals surface area (Å²) in [6.45, 7) is 13.1. The Morgan fingerprint density at radius 1 is 0.919 bits per heavy atom. The Morgan fingerprint density at radius 3 is 2.14 bits per heavy atom. The molecule has 0 heterocycles. The van der Waals surface area contributed by atoms with Gasteiger partial charge >= 0.3 is 6.09 Å². The van der Waals surface area contributed by atoms with E-state index in [0.29, 0.717) is 6.54 Å². The zero-order valence-corrected chi connectivity index (χ0v) is 22.8. The largest absolute Gasteiger partial charge is 0.436 e. The lowest BCUT2D eigenvalue weighted by atomic mass is 9.76. The lowest BCUT2D eigenvalue weighted by molar-refractivity contribution is -0.137. The molecule has 0 aliphatic carbocycles. The molecule has 202 valence electrons. The van der Waals surface area contributed by atoms with Gasteiger partial charge in [0.1, 0.15) is 0 Å². The Bertz CT molecular complexity index is 1130. The number of carbonyl (C=O) groups is 4. The lowest BCUT2D eigenvalue weighted by Gasteiger charge is -2.35. The van der Waals surface area contributed by atoms with Crippen molar-refractivity contribution in [1.29, 1.82) is 0 Å². The van der Waals surface area contributed by atoms with Gasteiger partial charge in [0.25, 0.3) is 5.91 Å². The molecule has 2 aromatic carbocycles. The molecule has 9 heteroatoms. The molecule has 0 saturated carbocycles. The van der Waals surface area contributed by atoms with E-state index in [1.165, 1.54) is 0 Å². The summed E-state index contributed by atoms with van der Waals surface area (Å²) in [5, 5.41) is 10.6. The van der Waals surface area contributed by atoms with Crippen LogP contribution in [0.2, 0.25) is 0 Å². The minimum atomic E-state index is -1.43. The first kappa shape index (κ1) is 29.6. The molecular weight excluding hydrogens is 472 g/mol. The molecule has 0 radical (unpaired) electrons. The van der Waals surface area contributed by atoms with E-state index in [-0.39, 0.29) is 5.91 Å². The molecule has 1 unspecified atom stereocenters. The molecule has 9 nitrogen and oxygen atoms in total. The summed E-state index contributed by atoms with van der Waals surface area (Å²) in [6.07, 6.45) is -3.00. The maximum atomic E-state index is 13.4. The van der Waals surface area contributed by atoms with E-state index in [2.05, 4.69) is 16.0 Å². The van der Waals surface area contributed by atoms with Gasteiger partial charge in [-0.05, 0) is 49.4 Å². The van der Waals surface area contributed by atoms with Gasteiger partial charge in [0.05, 0.1) is 12.3 Å². The molecular formula is C28H40N4O5. The number of nitrogens with one attached hydrogen (secondary N) is 3. The zero-order chi connectivity index (χ0) is 28.0. The number of carbonyl (C=O) groups excluding carboxylic acids is 4. The van der Waals surface area contributed by atoms with Gasteiger partial charge in [0, 0.05) is 18.1 Å². The maximum Gasteiger partial charge on any atom is 0.405 e. The molecule has 0 fully saturated rings. The van der Waals surface area contributed by atoms with E-state index < -0.39 is 53.3 Å². The van der Waals surface area contributed by atoms with E-state index in [0.717, 1.165) is 16.3 Å². The van der Waals surface area contributed by atoms with Gasteiger partial charge in [0.2, 0.25) is 11.8 Å². The van der Waals surface area contributed by atoms with Crippen LogP contribution in [0.5, 0.6) is 0 Å². The monoisotopic (exact) mass is 512 g/mol. The van der Waals surface area contributed by atoms with Crippen LogP contribution in [0.3, 0.4) is 0 Å². The van der Waals surface area contributed by atoms with Crippen LogP contribution in [-0.4, -0.2) is 41.5 Å². The van der Waals surface area contributed by atoms with Crippen molar-refractivity contribution >= 4 is 34.6 Å². The molecule has 0 spiro atoms. The molecule has 37 heavy (non-hydrogen) atoms. The van der Waals surface area contributed by atoms with Crippen molar-refractivity contribution in [1.82, 2.24) is 16.0 Å². The highest BCUT2D eigenvalue weighted by atomic mass is 16.6. The molecule has 0 aromatic heterocycles. The van der Waals surface area contributed by atoms with Crippen molar-refractivity contribution in [3.05, 3.63) is 48.0 Å². The number of hydrogen-bond acceptors (Lipinski definition) is 5. The summed E-state index contributed by atoms with van der Waals surface area (Å²) in [4.78, 5) is 50.2. The molecule has 0 aliphatic heterocycles. The Morgan fingerprint density at radius 2 is 1.54 bits per heavy atom. The van der Waals surface area contributed by atoms with Gasteiger partial charge in [-0.2, -0.15) is 0 Å². The smallest absolute Gasteiger partial charge is 0.405 e. The van der Waals surface area contributed by atoms with Crippen molar-refractivity contribution in [3.63, 3.8) is 0 Å². The van der Waals surface area contributed by atoms with E-state index in [1.54, 1.807) is 27.7 Å². The van der Waals surface area contributed by atoms with E-state index in [9.17, 15) is 19.2 Å². The van der Waals surface area contributed by atoms with Crippen molar-refractivity contribution in [3.8, 4) is 0 Å². The van der Waals surface area contributed by atoms with Crippen molar-refractivity contribution in [2.45, 2.75) is 79.1 Å². The summed E-state index contributed by atoms with van der Waals surface area (Å²) < 4.78 is 4.94. The van der Waals surface area contributed by atoms with Crippen LogP contribution >= 0.6 is 0 Å². The Kier molecular flexibility index (Phi) is 9.67. The Balaban J connectivity index is 2.15. The fraction of sp³-hybridized carbons (Fsp3) is 0.500. The molecule has 3 atom stereocenters. The first-order chi connectivity index (χ1) is 17.1. The summed E-state index contributed by atoms with van der Waals surface area (Å²) in [5.41, 5.74) is 5.08. The van der Waals surface area contributed by atoms with Crippen LogP contribution in [0.25, 0.3) is 10.8 Å². The number of primary amides is 1. The van der Waals surface area contributed by atoms with Crippen LogP contribution < -0.4 is 21.7 Å². The first-order valence-corrected chi connectivity index (χ1v) is 12.4. The fourth-order valence-electron chi connectivity index (χ4n) is 4.48. The van der Waals surface area contributed by atoms with Crippen LogP contribution in [0.15, 0.2) is 42.5 Å². The van der Waals surface area contributed by atoms with E-state index in [4.69, 9.17) is 10.5 Å². The van der Waals surface area contributed by atoms with Gasteiger partial charge in [-0.15, -0.1) is 0 Å². The minimum absolute atomic E-state index is 0.230. The number of benzene rings is 2. The number of nitrogens with two attached hydrogens (primary N) is 1. The number of fused-ring (bicyclic) bond motifs is 1. The van der Waals surface area contributed by atoms with Gasteiger partial charge in [-0.1, -0.05) is 63.2 Å². The molecule has 4 amide bonds. The number of rotatable bonds is 9. The maximum absolute atomic E-state index is 13.4. The second-order valence-electron chi connectivity index (χ2n) is 11.4. The third-order valence-corrected chi connectivity index (χ3v) is 5.85. The zero-order valence-electron chi connectivity index (χ0n) is 22.8. The van der Waals surface area contributed by atoms with Crippen molar-refractivity contribution < 1.29 is 23.9 Å². The fourth-order valence-corrected chi connectivity index (χ4v) is 4.48. The van der Waals surface area contributed by atoms with Gasteiger partial charge in [-0.3, -0.25) is 14.4 Å². The van der Waals surface area contributed by atoms with Crippen LogP contribution in [-0.2, 0) is 25.7 Å². The van der Waals surface area contributed by atoms with E-state index in [1.807, 2.05) is 63.2 Å². The predicted molar refractivity (Wildman–Crippen MR) is 143 cm³/mol. The van der Waals surface area contributed by atoms with Crippen LogP contribution in [0.4, 0.5) is 4.79 Å². The summed E-state index contributed by atoms with van der Waals surface area (Å²) in [7, 11) is 0. The number of ether oxygens (including phenoxy) is 1. The summed E-state index contributed by atoms with van der Waals surface area (Å²) in [5.74, 6) is -2.02. The molecule has 0 bridgehead atoms. The summed E-state index contributed by atoms with van der Waals surface area (Å²) in [6, 6.07) is 13.2. The Hall–Kier alpha value is -3.62. The highest BCUT2D eigenvalue weighted by Gasteiger charge is 2.38. The quantitative estimate of drug-likeness (QED) is 0.408. The Labute approximate surface area is 218 Å². The van der Waals surface area contributed by atoms with Crippen molar-refractivity contribution in [2.24, 2.45) is 17.1 Å². The minimum Gasteiger partial charge on any atom is -0.436 e. The van der Waals surface area contributed by atoms with Crippen LogP contribution in [0, 0.1) is 11.3 Å². The highest BCUT2D eigenvalue weighted by molar-refractivity contribution is 5.90. The first-order valence-electron chi connectivity index (χ1n) is 12.4. The third kappa shape index (κ3) is 9.08. The normalized spacial score (nSPS) is 14.2. The lowest BCUT2D eigenvalue weighted by Crippen LogP contribution is -2.53. The molecule has 0 saturated heterocycles. The highest BCUT2D eigenvalue weighted by Crippen LogP contribution is 2.29. The molecule has 0 aliphatic rings. The molecule has 2 aromatic rings. The second-order valence-corrected chi connectivity index (χ2v) is 11.4. The predicted octanol–water partition coefficient (Wildman–Crippen LogP) is 3.39. The second kappa shape index (κ2) is 12.1. The van der Waals surface area contributed by atoms with Crippen LogP contribution in [0.1, 0.15) is 60.5 Å². The van der Waals surface area contributed by atoms with Gasteiger partial charge in [0.15, 0.2) is 6.10 Å². The average Bonchev–Trinajstić information content (AvgIpc) is 2.74. The molecule has 5 N–H and O–H groups in total. The topological polar surface area (TPSA) is 140 Å². The third-order valence-electron chi connectivity index (χ3n) is 5.85. The standard InChI is InChI=1S/C28H40N4O5/c1-17(31-24(34)21(37-26(29)36)15-22(33)32-28(5,6)7)23(27(2,3)4)25(35)30-16-19-13-10-12-18-11-8-9-14-20(18)19/h8-14,17,21,23H,15-16H2,1-7H3,(H2,29,36)(H,30,35)(H,31,34)(H,32,33)/t17-,21-,23?/m0/s1. The number of amides is 4. The summed E-state index contributed by atoms with van der Waals surface area (Å²) >= 11 is 0. The average molecular weight is 513 g/mol. The SMILES string of the molecule is C[C@H](NC(=O)[C@H](CC(=O)NC(C)(C)C)OC(N)=O)C(C(=O)NCc1cccc2ccccc12)C(C)(C)C.